The largest absolute Gasteiger partial charge is 0.434 e. The molecule has 2 rings (SSSR count). The molecule has 0 saturated heterocycles. The summed E-state index contributed by atoms with van der Waals surface area (Å²) in [7, 11) is 1.77. The molecule has 0 amide bonds. The van der Waals surface area contributed by atoms with Crippen LogP contribution in [0.25, 0.3) is 0 Å². The highest BCUT2D eigenvalue weighted by molar-refractivity contribution is 5.39. The summed E-state index contributed by atoms with van der Waals surface area (Å²) >= 11 is 0. The summed E-state index contributed by atoms with van der Waals surface area (Å²) in [4.78, 5) is 4.36. The van der Waals surface area contributed by atoms with Crippen LogP contribution in [0.4, 0.5) is 8.78 Å². The molecular formula is C15H19F2N3O. The lowest BCUT2D eigenvalue weighted by Crippen LogP contribution is -2.23. The van der Waals surface area contributed by atoms with Gasteiger partial charge in [0.1, 0.15) is 11.6 Å². The average Bonchev–Trinajstić information content (AvgIpc) is 2.90. The maximum absolute atomic E-state index is 12.5. The first-order valence-electron chi connectivity index (χ1n) is 6.89. The normalized spacial score (nSPS) is 12.6. The zero-order valence-electron chi connectivity index (χ0n) is 12.1. The number of nitrogens with zero attached hydrogens (tertiary/aromatic N) is 2. The SMILES string of the molecule is CCCn1ccnc1C(NC)c1ccccc1OC(F)F. The van der Waals surface area contributed by atoms with Crippen molar-refractivity contribution in [1.82, 2.24) is 14.9 Å². The Kier molecular flexibility index (Phi) is 5.27. The van der Waals surface area contributed by atoms with Gasteiger partial charge in [-0.3, -0.25) is 0 Å². The number of nitrogens with one attached hydrogen (secondary N) is 1. The van der Waals surface area contributed by atoms with E-state index in [0.717, 1.165) is 18.8 Å². The van der Waals surface area contributed by atoms with Gasteiger partial charge in [-0.2, -0.15) is 8.78 Å². The zero-order chi connectivity index (χ0) is 15.2. The molecule has 2 aromatic rings. The van der Waals surface area contributed by atoms with E-state index in [1.807, 2.05) is 10.8 Å². The van der Waals surface area contributed by atoms with Crippen LogP contribution < -0.4 is 10.1 Å². The molecule has 1 atom stereocenters. The van der Waals surface area contributed by atoms with E-state index in [2.05, 4.69) is 22.0 Å². The van der Waals surface area contributed by atoms with Gasteiger partial charge in [0.2, 0.25) is 0 Å². The fourth-order valence-corrected chi connectivity index (χ4v) is 2.36. The summed E-state index contributed by atoms with van der Waals surface area (Å²) in [6.07, 6.45) is 4.57. The Balaban J connectivity index is 2.39. The standard InChI is InChI=1S/C15H19F2N3O/c1-3-9-20-10-8-19-14(20)13(18-2)11-6-4-5-7-12(11)21-15(16)17/h4-8,10,13,15,18H,3,9H2,1-2H3. The number of hydrogen-bond acceptors (Lipinski definition) is 3. The van der Waals surface area contributed by atoms with E-state index in [9.17, 15) is 8.78 Å². The second-order valence-corrected chi connectivity index (χ2v) is 4.62. The molecular weight excluding hydrogens is 276 g/mol. The second-order valence-electron chi connectivity index (χ2n) is 4.62. The van der Waals surface area contributed by atoms with Crippen molar-refractivity contribution in [2.45, 2.75) is 32.5 Å². The molecule has 0 aliphatic carbocycles. The van der Waals surface area contributed by atoms with Crippen LogP contribution in [0.2, 0.25) is 0 Å². The van der Waals surface area contributed by atoms with Gasteiger partial charge >= 0.3 is 6.61 Å². The quantitative estimate of drug-likeness (QED) is 0.852. The lowest BCUT2D eigenvalue weighted by Gasteiger charge is -2.20. The molecule has 1 aromatic carbocycles. The maximum atomic E-state index is 12.5. The van der Waals surface area contributed by atoms with Crippen molar-refractivity contribution in [1.29, 1.82) is 0 Å². The van der Waals surface area contributed by atoms with Gasteiger partial charge in [0.25, 0.3) is 0 Å². The number of alkyl halides is 2. The van der Waals surface area contributed by atoms with Gasteiger partial charge < -0.3 is 14.6 Å². The Hall–Kier alpha value is -1.95. The van der Waals surface area contributed by atoms with Crippen LogP contribution in [0.15, 0.2) is 36.7 Å². The Bertz CT molecular complexity index is 572. The van der Waals surface area contributed by atoms with Crippen molar-refractivity contribution < 1.29 is 13.5 Å². The summed E-state index contributed by atoms with van der Waals surface area (Å²) in [5, 5.41) is 3.12. The zero-order valence-corrected chi connectivity index (χ0v) is 12.1. The summed E-state index contributed by atoms with van der Waals surface area (Å²) in [6, 6.07) is 6.47. The minimum absolute atomic E-state index is 0.165. The molecule has 114 valence electrons. The van der Waals surface area contributed by atoms with Gasteiger partial charge in [-0.05, 0) is 19.5 Å². The van der Waals surface area contributed by atoms with Gasteiger partial charge in [-0.15, -0.1) is 0 Å². The van der Waals surface area contributed by atoms with Gasteiger partial charge in [-0.1, -0.05) is 25.1 Å². The highest BCUT2D eigenvalue weighted by atomic mass is 19.3. The summed E-state index contributed by atoms with van der Waals surface area (Å²) in [5.74, 6) is 0.947. The van der Waals surface area contributed by atoms with Gasteiger partial charge in [0.05, 0.1) is 6.04 Å². The van der Waals surface area contributed by atoms with Gasteiger partial charge in [-0.25, -0.2) is 4.98 Å². The van der Waals surface area contributed by atoms with Crippen LogP contribution in [0.3, 0.4) is 0 Å². The van der Waals surface area contributed by atoms with E-state index in [1.165, 1.54) is 0 Å². The Morgan fingerprint density at radius 3 is 2.76 bits per heavy atom. The average molecular weight is 295 g/mol. The van der Waals surface area contributed by atoms with E-state index >= 15 is 0 Å². The molecule has 1 unspecified atom stereocenters. The third-order valence-electron chi connectivity index (χ3n) is 3.21. The van der Waals surface area contributed by atoms with E-state index in [-0.39, 0.29) is 11.8 Å². The Morgan fingerprint density at radius 2 is 2.10 bits per heavy atom. The molecule has 0 aliphatic rings. The van der Waals surface area contributed by atoms with Crippen LogP contribution in [-0.2, 0) is 6.54 Å². The highest BCUT2D eigenvalue weighted by Crippen LogP contribution is 2.30. The number of halogens is 2. The van der Waals surface area contributed by atoms with E-state index in [1.54, 1.807) is 37.5 Å². The predicted octanol–water partition coefficient (Wildman–Crippen LogP) is 3.20. The Labute approximate surface area is 122 Å². The number of aryl methyl sites for hydroxylation is 1. The molecule has 0 aliphatic heterocycles. The van der Waals surface area contributed by atoms with Crippen molar-refractivity contribution in [3.05, 3.63) is 48.0 Å². The van der Waals surface area contributed by atoms with Crippen LogP contribution >= 0.6 is 0 Å². The topological polar surface area (TPSA) is 39.1 Å². The first kappa shape index (κ1) is 15.4. The van der Waals surface area contributed by atoms with E-state index in [0.29, 0.717) is 5.56 Å². The van der Waals surface area contributed by atoms with Crippen LogP contribution in [-0.4, -0.2) is 23.2 Å². The molecule has 0 saturated carbocycles. The van der Waals surface area contributed by atoms with E-state index < -0.39 is 6.61 Å². The fraction of sp³-hybridized carbons (Fsp3) is 0.400. The second kappa shape index (κ2) is 7.17. The summed E-state index contributed by atoms with van der Waals surface area (Å²) in [6.45, 7) is 0.0521. The van der Waals surface area contributed by atoms with Crippen molar-refractivity contribution in [3.8, 4) is 5.75 Å². The van der Waals surface area contributed by atoms with Crippen molar-refractivity contribution in [3.63, 3.8) is 0 Å². The molecule has 6 heteroatoms. The third-order valence-corrected chi connectivity index (χ3v) is 3.21. The Morgan fingerprint density at radius 1 is 1.33 bits per heavy atom. The highest BCUT2D eigenvalue weighted by Gasteiger charge is 2.22. The lowest BCUT2D eigenvalue weighted by atomic mass is 10.0. The molecule has 0 radical (unpaired) electrons. The number of para-hydroxylation sites is 1. The van der Waals surface area contributed by atoms with Crippen LogP contribution in [0.1, 0.15) is 30.8 Å². The minimum Gasteiger partial charge on any atom is -0.434 e. The monoisotopic (exact) mass is 295 g/mol. The molecule has 0 spiro atoms. The van der Waals surface area contributed by atoms with E-state index in [4.69, 9.17) is 0 Å². The van der Waals surface area contributed by atoms with Gasteiger partial charge in [0.15, 0.2) is 0 Å². The van der Waals surface area contributed by atoms with Crippen molar-refractivity contribution >= 4 is 0 Å². The summed E-state index contributed by atoms with van der Waals surface area (Å²) in [5.41, 5.74) is 0.642. The molecule has 1 heterocycles. The first-order chi connectivity index (χ1) is 10.2. The fourth-order valence-electron chi connectivity index (χ4n) is 2.36. The number of hydrogen-bond donors (Lipinski definition) is 1. The molecule has 4 nitrogen and oxygen atoms in total. The molecule has 0 bridgehead atoms. The maximum Gasteiger partial charge on any atom is 0.387 e. The van der Waals surface area contributed by atoms with Crippen LogP contribution in [0.5, 0.6) is 5.75 Å². The van der Waals surface area contributed by atoms with Gasteiger partial charge in [0, 0.05) is 24.5 Å². The minimum atomic E-state index is -2.85. The molecule has 1 aromatic heterocycles. The first-order valence-corrected chi connectivity index (χ1v) is 6.89. The third kappa shape index (κ3) is 3.58. The smallest absolute Gasteiger partial charge is 0.387 e. The summed E-state index contributed by atoms with van der Waals surface area (Å²) < 4.78 is 31.7. The number of imidazole rings is 1. The van der Waals surface area contributed by atoms with Crippen LogP contribution in [0, 0.1) is 0 Å². The molecule has 1 N–H and O–H groups in total. The molecule has 21 heavy (non-hydrogen) atoms. The number of rotatable bonds is 7. The number of aromatic nitrogens is 2. The number of ether oxygens (including phenoxy) is 1. The van der Waals surface area contributed by atoms with Crippen molar-refractivity contribution in [2.24, 2.45) is 0 Å². The lowest BCUT2D eigenvalue weighted by molar-refractivity contribution is -0.0506. The molecule has 0 fully saturated rings. The number of benzene rings is 1. The predicted molar refractivity (Wildman–Crippen MR) is 76.5 cm³/mol. The van der Waals surface area contributed by atoms with Crippen molar-refractivity contribution in [2.75, 3.05) is 7.05 Å².